The largest absolute Gasteiger partial charge is 0.507 e. The molecule has 0 aliphatic heterocycles. The van der Waals surface area contributed by atoms with E-state index >= 15 is 0 Å². The Hall–Kier alpha value is -2.42. The smallest absolute Gasteiger partial charge is 0.160 e. The Morgan fingerprint density at radius 1 is 0.947 bits per heavy atom. The van der Waals surface area contributed by atoms with Crippen molar-refractivity contribution in [2.75, 3.05) is 0 Å². The lowest BCUT2D eigenvalue weighted by molar-refractivity contribution is 0.480. The molecule has 19 heavy (non-hydrogen) atoms. The van der Waals surface area contributed by atoms with Gasteiger partial charge in [0.1, 0.15) is 5.75 Å². The van der Waals surface area contributed by atoms with Crippen molar-refractivity contribution in [3.05, 3.63) is 53.7 Å². The Balaban J connectivity index is 2.31. The van der Waals surface area contributed by atoms with Gasteiger partial charge in [-0.2, -0.15) is 0 Å². The number of hydrogen-bond acceptors (Lipinski definition) is 3. The van der Waals surface area contributed by atoms with Crippen molar-refractivity contribution in [1.82, 2.24) is 9.97 Å². The van der Waals surface area contributed by atoms with Crippen LogP contribution in [0.2, 0.25) is 0 Å². The van der Waals surface area contributed by atoms with Gasteiger partial charge in [-0.3, -0.25) is 0 Å². The van der Waals surface area contributed by atoms with Gasteiger partial charge in [0.05, 0.1) is 16.6 Å². The number of aromatic hydroxyl groups is 1. The molecule has 0 aliphatic carbocycles. The number of aromatic nitrogens is 2. The third kappa shape index (κ3) is 2.03. The topological polar surface area (TPSA) is 46.0 Å². The molecule has 1 aromatic heterocycles. The van der Waals surface area contributed by atoms with Crippen LogP contribution in [0.4, 0.5) is 0 Å². The fourth-order valence-corrected chi connectivity index (χ4v) is 2.28. The molecule has 0 saturated carbocycles. The average molecular weight is 250 g/mol. The number of phenolic OH excluding ortho intramolecular Hbond substituents is 1. The van der Waals surface area contributed by atoms with Crippen LogP contribution in [-0.4, -0.2) is 15.1 Å². The lowest BCUT2D eigenvalue weighted by Gasteiger charge is -2.08. The van der Waals surface area contributed by atoms with Crippen molar-refractivity contribution in [2.24, 2.45) is 0 Å². The first kappa shape index (κ1) is 11.7. The van der Waals surface area contributed by atoms with E-state index in [2.05, 4.69) is 9.97 Å². The van der Waals surface area contributed by atoms with Crippen LogP contribution < -0.4 is 0 Å². The van der Waals surface area contributed by atoms with Gasteiger partial charge in [-0.15, -0.1) is 0 Å². The summed E-state index contributed by atoms with van der Waals surface area (Å²) in [5.41, 5.74) is 3.54. The lowest BCUT2D eigenvalue weighted by atomic mass is 10.1. The summed E-state index contributed by atoms with van der Waals surface area (Å²) < 4.78 is 0. The van der Waals surface area contributed by atoms with Crippen LogP contribution in [0.5, 0.6) is 5.75 Å². The first-order chi connectivity index (χ1) is 9.15. The van der Waals surface area contributed by atoms with Crippen LogP contribution >= 0.6 is 0 Å². The molecular formula is C16H14N2O. The maximum absolute atomic E-state index is 10.0. The van der Waals surface area contributed by atoms with E-state index in [9.17, 15) is 5.11 Å². The standard InChI is InChI=1S/C16H14N2O/c1-10-8-13-15(14(19)9-10)11(2)17-16(18-13)12-6-4-3-5-7-12/h3-9,19H,1-2H3. The van der Waals surface area contributed by atoms with Crippen molar-refractivity contribution in [2.45, 2.75) is 13.8 Å². The first-order valence-electron chi connectivity index (χ1n) is 6.18. The molecule has 0 saturated heterocycles. The molecule has 0 atom stereocenters. The zero-order valence-corrected chi connectivity index (χ0v) is 10.9. The normalized spacial score (nSPS) is 10.8. The minimum atomic E-state index is 0.243. The highest BCUT2D eigenvalue weighted by Gasteiger charge is 2.10. The van der Waals surface area contributed by atoms with Gasteiger partial charge in [-0.1, -0.05) is 30.3 Å². The van der Waals surface area contributed by atoms with Crippen LogP contribution in [-0.2, 0) is 0 Å². The van der Waals surface area contributed by atoms with Gasteiger partial charge in [-0.05, 0) is 31.5 Å². The molecule has 3 nitrogen and oxygen atoms in total. The van der Waals surface area contributed by atoms with E-state index in [1.807, 2.05) is 50.2 Å². The fourth-order valence-electron chi connectivity index (χ4n) is 2.28. The van der Waals surface area contributed by atoms with Crippen molar-refractivity contribution in [3.63, 3.8) is 0 Å². The number of fused-ring (bicyclic) bond motifs is 1. The summed E-state index contributed by atoms with van der Waals surface area (Å²) in [6.07, 6.45) is 0. The van der Waals surface area contributed by atoms with Gasteiger partial charge < -0.3 is 5.11 Å². The van der Waals surface area contributed by atoms with Crippen molar-refractivity contribution < 1.29 is 5.11 Å². The van der Waals surface area contributed by atoms with E-state index < -0.39 is 0 Å². The van der Waals surface area contributed by atoms with E-state index in [1.165, 1.54) is 0 Å². The van der Waals surface area contributed by atoms with Crippen LogP contribution in [0.1, 0.15) is 11.3 Å². The van der Waals surface area contributed by atoms with Gasteiger partial charge in [-0.25, -0.2) is 9.97 Å². The Kier molecular flexibility index (Phi) is 2.67. The van der Waals surface area contributed by atoms with Gasteiger partial charge in [0.25, 0.3) is 0 Å². The number of rotatable bonds is 1. The molecule has 2 aromatic carbocycles. The molecule has 0 bridgehead atoms. The van der Waals surface area contributed by atoms with E-state index in [-0.39, 0.29) is 5.75 Å². The quantitative estimate of drug-likeness (QED) is 0.717. The minimum Gasteiger partial charge on any atom is -0.507 e. The highest BCUT2D eigenvalue weighted by atomic mass is 16.3. The summed E-state index contributed by atoms with van der Waals surface area (Å²) in [7, 11) is 0. The van der Waals surface area contributed by atoms with Crippen LogP contribution in [0.25, 0.3) is 22.3 Å². The maximum Gasteiger partial charge on any atom is 0.160 e. The summed E-state index contributed by atoms with van der Waals surface area (Å²) in [5.74, 6) is 0.933. The summed E-state index contributed by atoms with van der Waals surface area (Å²) in [6.45, 7) is 3.84. The van der Waals surface area contributed by atoms with Crippen LogP contribution in [0.3, 0.4) is 0 Å². The van der Waals surface area contributed by atoms with Crippen molar-refractivity contribution >= 4 is 10.9 Å². The van der Waals surface area contributed by atoms with Gasteiger partial charge >= 0.3 is 0 Å². The van der Waals surface area contributed by atoms with Gasteiger partial charge in [0.2, 0.25) is 0 Å². The molecule has 0 unspecified atom stereocenters. The summed E-state index contributed by atoms with van der Waals surface area (Å²) in [4.78, 5) is 9.05. The molecule has 1 heterocycles. The SMILES string of the molecule is Cc1cc(O)c2c(C)nc(-c3ccccc3)nc2c1. The van der Waals surface area contributed by atoms with Gasteiger partial charge in [0.15, 0.2) is 5.82 Å². The molecule has 0 spiro atoms. The summed E-state index contributed by atoms with van der Waals surface area (Å²) in [5, 5.41) is 10.7. The molecule has 3 heteroatoms. The predicted octanol–water partition coefficient (Wildman–Crippen LogP) is 3.62. The molecule has 0 radical (unpaired) electrons. The summed E-state index contributed by atoms with van der Waals surface area (Å²) in [6, 6.07) is 13.6. The maximum atomic E-state index is 10.0. The zero-order chi connectivity index (χ0) is 13.4. The number of phenols is 1. The second kappa shape index (κ2) is 4.35. The zero-order valence-electron chi connectivity index (χ0n) is 10.9. The Morgan fingerprint density at radius 2 is 1.68 bits per heavy atom. The molecular weight excluding hydrogens is 236 g/mol. The highest BCUT2D eigenvalue weighted by molar-refractivity contribution is 5.88. The molecule has 0 fully saturated rings. The molecule has 94 valence electrons. The monoisotopic (exact) mass is 250 g/mol. The average Bonchev–Trinajstić information content (AvgIpc) is 2.38. The minimum absolute atomic E-state index is 0.243. The summed E-state index contributed by atoms with van der Waals surface area (Å²) >= 11 is 0. The second-order valence-corrected chi connectivity index (χ2v) is 4.68. The second-order valence-electron chi connectivity index (χ2n) is 4.68. The van der Waals surface area contributed by atoms with Crippen LogP contribution in [0.15, 0.2) is 42.5 Å². The molecule has 3 rings (SSSR count). The van der Waals surface area contributed by atoms with Crippen LogP contribution in [0, 0.1) is 13.8 Å². The number of nitrogens with zero attached hydrogens (tertiary/aromatic N) is 2. The van der Waals surface area contributed by atoms with E-state index in [0.29, 0.717) is 5.82 Å². The number of aryl methyl sites for hydroxylation is 2. The first-order valence-corrected chi connectivity index (χ1v) is 6.18. The van der Waals surface area contributed by atoms with E-state index in [1.54, 1.807) is 6.07 Å². The fraction of sp³-hybridized carbons (Fsp3) is 0.125. The third-order valence-corrected chi connectivity index (χ3v) is 3.13. The lowest BCUT2D eigenvalue weighted by Crippen LogP contribution is -1.95. The molecule has 1 N–H and O–H groups in total. The van der Waals surface area contributed by atoms with E-state index in [4.69, 9.17) is 0 Å². The molecule has 3 aromatic rings. The van der Waals surface area contributed by atoms with E-state index in [0.717, 1.165) is 27.7 Å². The van der Waals surface area contributed by atoms with Gasteiger partial charge in [0, 0.05) is 5.56 Å². The van der Waals surface area contributed by atoms with Crippen molar-refractivity contribution in [3.8, 4) is 17.1 Å². The predicted molar refractivity (Wildman–Crippen MR) is 76.1 cm³/mol. The van der Waals surface area contributed by atoms with Crippen molar-refractivity contribution in [1.29, 1.82) is 0 Å². The molecule has 0 aliphatic rings. The Labute approximate surface area is 111 Å². The molecule has 0 amide bonds. The highest BCUT2D eigenvalue weighted by Crippen LogP contribution is 2.29. The Bertz CT molecular complexity index is 752. The Morgan fingerprint density at radius 3 is 2.42 bits per heavy atom. The number of benzene rings is 2. The third-order valence-electron chi connectivity index (χ3n) is 3.13. The number of hydrogen-bond donors (Lipinski definition) is 1.